The third-order valence-corrected chi connectivity index (χ3v) is 5.11. The molecule has 1 fully saturated rings. The molecule has 2 atom stereocenters. The first-order valence-electron chi connectivity index (χ1n) is 9.22. The highest BCUT2D eigenvalue weighted by molar-refractivity contribution is 6.46. The van der Waals surface area contributed by atoms with Gasteiger partial charge in [-0.1, -0.05) is 11.6 Å². The maximum atomic E-state index is 12.9. The number of hydrogen-bond acceptors (Lipinski definition) is 6. The van der Waals surface area contributed by atoms with Crippen LogP contribution in [0.25, 0.3) is 5.76 Å². The van der Waals surface area contributed by atoms with E-state index < -0.39 is 23.8 Å². The second-order valence-electron chi connectivity index (χ2n) is 6.92. The normalized spacial score (nSPS) is 19.1. The Labute approximate surface area is 179 Å². The Kier molecular flexibility index (Phi) is 6.34. The molecule has 2 aromatic rings. The summed E-state index contributed by atoms with van der Waals surface area (Å²) in [7, 11) is 2.97. The van der Waals surface area contributed by atoms with Crippen LogP contribution >= 0.6 is 11.6 Å². The number of nitrogens with zero attached hydrogens (tertiary/aromatic N) is 1. The molecule has 30 heavy (non-hydrogen) atoms. The number of hydrogen-bond donors (Lipinski definition) is 2. The van der Waals surface area contributed by atoms with Crippen molar-refractivity contribution in [2.75, 3.05) is 20.8 Å². The van der Waals surface area contributed by atoms with Gasteiger partial charge in [0, 0.05) is 28.8 Å². The molecule has 1 heterocycles. The smallest absolute Gasteiger partial charge is 0.295 e. The molecule has 3 rings (SSSR count). The van der Waals surface area contributed by atoms with E-state index in [1.165, 1.54) is 26.0 Å². The number of aliphatic hydroxyl groups is 2. The Bertz CT molecular complexity index is 999. The minimum Gasteiger partial charge on any atom is -0.507 e. The van der Waals surface area contributed by atoms with Crippen molar-refractivity contribution >= 4 is 29.1 Å². The van der Waals surface area contributed by atoms with Crippen LogP contribution in [-0.4, -0.2) is 53.7 Å². The van der Waals surface area contributed by atoms with E-state index in [4.69, 9.17) is 21.1 Å². The SMILES string of the molecule is COc1ccc(C2/C(=C(/O)c3ccc(Cl)cc3)C(=O)C(=O)N2CC(C)O)c(OC)c1. The molecule has 158 valence electrons. The van der Waals surface area contributed by atoms with Crippen LogP contribution in [0.2, 0.25) is 5.02 Å². The highest BCUT2D eigenvalue weighted by atomic mass is 35.5. The van der Waals surface area contributed by atoms with Crippen LogP contribution in [0, 0.1) is 0 Å². The van der Waals surface area contributed by atoms with Gasteiger partial charge in [-0.05, 0) is 43.3 Å². The Morgan fingerprint density at radius 2 is 1.80 bits per heavy atom. The molecule has 2 unspecified atom stereocenters. The number of carbonyl (C=O) groups excluding carboxylic acids is 2. The lowest BCUT2D eigenvalue weighted by Crippen LogP contribution is -2.35. The number of carbonyl (C=O) groups is 2. The van der Waals surface area contributed by atoms with Crippen molar-refractivity contribution in [1.82, 2.24) is 4.90 Å². The number of rotatable bonds is 6. The maximum Gasteiger partial charge on any atom is 0.295 e. The number of amides is 1. The lowest BCUT2D eigenvalue weighted by atomic mass is 9.94. The van der Waals surface area contributed by atoms with E-state index >= 15 is 0 Å². The molecule has 2 N–H and O–H groups in total. The van der Waals surface area contributed by atoms with E-state index in [-0.39, 0.29) is 17.9 Å². The van der Waals surface area contributed by atoms with Crippen molar-refractivity contribution in [3.05, 3.63) is 64.2 Å². The van der Waals surface area contributed by atoms with Gasteiger partial charge < -0.3 is 24.6 Å². The monoisotopic (exact) mass is 431 g/mol. The standard InChI is InChI=1S/C22H22ClNO6/c1-12(25)11-24-19(16-9-8-15(29-2)10-17(16)30-3)18(21(27)22(24)28)20(26)13-4-6-14(23)7-5-13/h4-10,12,19,25-26H,11H2,1-3H3/b20-18-. The Hall–Kier alpha value is -3.03. The zero-order valence-electron chi connectivity index (χ0n) is 16.8. The van der Waals surface area contributed by atoms with E-state index in [0.717, 1.165) is 0 Å². The highest BCUT2D eigenvalue weighted by Gasteiger charge is 2.47. The summed E-state index contributed by atoms with van der Waals surface area (Å²) in [6, 6.07) is 10.3. The molecule has 0 aliphatic carbocycles. The van der Waals surface area contributed by atoms with Crippen LogP contribution in [-0.2, 0) is 9.59 Å². The molecule has 1 amide bonds. The summed E-state index contributed by atoms with van der Waals surface area (Å²) in [5, 5.41) is 21.3. The lowest BCUT2D eigenvalue weighted by Gasteiger charge is -2.27. The number of Topliss-reactive ketones (excluding diaryl/α,β-unsaturated/α-hetero) is 1. The number of β-amino-alcohol motifs (C(OH)–C–C–N with tert-alkyl or cyclic N) is 1. The second-order valence-corrected chi connectivity index (χ2v) is 7.35. The fourth-order valence-electron chi connectivity index (χ4n) is 3.48. The van der Waals surface area contributed by atoms with Gasteiger partial charge in [0.1, 0.15) is 17.3 Å². The molecule has 0 saturated carbocycles. The van der Waals surface area contributed by atoms with Crippen molar-refractivity contribution in [3.8, 4) is 11.5 Å². The summed E-state index contributed by atoms with van der Waals surface area (Å²) >= 11 is 5.92. The van der Waals surface area contributed by atoms with Crippen molar-refractivity contribution in [3.63, 3.8) is 0 Å². The van der Waals surface area contributed by atoms with E-state index in [0.29, 0.717) is 27.6 Å². The van der Waals surface area contributed by atoms with Gasteiger partial charge in [0.05, 0.1) is 31.9 Å². The van der Waals surface area contributed by atoms with Gasteiger partial charge in [-0.3, -0.25) is 9.59 Å². The molecular formula is C22H22ClNO6. The molecular weight excluding hydrogens is 410 g/mol. The van der Waals surface area contributed by atoms with Crippen molar-refractivity contribution in [2.45, 2.75) is 19.1 Å². The zero-order chi connectivity index (χ0) is 22.0. The molecule has 1 aliphatic rings. The average molecular weight is 432 g/mol. The number of ether oxygens (including phenoxy) is 2. The van der Waals surface area contributed by atoms with E-state index in [1.54, 1.807) is 42.5 Å². The summed E-state index contributed by atoms with van der Waals surface area (Å²) < 4.78 is 10.7. The number of likely N-dealkylation sites (tertiary alicyclic amines) is 1. The third-order valence-electron chi connectivity index (χ3n) is 4.85. The molecule has 7 nitrogen and oxygen atoms in total. The van der Waals surface area contributed by atoms with Crippen LogP contribution in [0.1, 0.15) is 24.1 Å². The fraction of sp³-hybridized carbons (Fsp3) is 0.273. The molecule has 0 radical (unpaired) electrons. The third kappa shape index (κ3) is 3.99. The van der Waals surface area contributed by atoms with Crippen LogP contribution < -0.4 is 9.47 Å². The largest absolute Gasteiger partial charge is 0.507 e. The number of methoxy groups -OCH3 is 2. The van der Waals surface area contributed by atoms with E-state index in [2.05, 4.69) is 0 Å². The van der Waals surface area contributed by atoms with Crippen molar-refractivity contribution < 1.29 is 29.3 Å². The summed E-state index contributed by atoms with van der Waals surface area (Å²) in [5.74, 6) is -1.08. The molecule has 2 aromatic carbocycles. The van der Waals surface area contributed by atoms with Gasteiger partial charge in [-0.15, -0.1) is 0 Å². The van der Waals surface area contributed by atoms with Crippen molar-refractivity contribution in [2.24, 2.45) is 0 Å². The van der Waals surface area contributed by atoms with Gasteiger partial charge in [0.15, 0.2) is 0 Å². The number of halogens is 1. The highest BCUT2D eigenvalue weighted by Crippen LogP contribution is 2.43. The summed E-state index contributed by atoms with van der Waals surface area (Å²) in [4.78, 5) is 26.9. The first-order chi connectivity index (χ1) is 14.3. The van der Waals surface area contributed by atoms with Crippen molar-refractivity contribution in [1.29, 1.82) is 0 Å². The number of ketones is 1. The first-order valence-corrected chi connectivity index (χ1v) is 9.60. The Balaban J connectivity index is 2.24. The maximum absolute atomic E-state index is 12.9. The van der Waals surface area contributed by atoms with Crippen LogP contribution in [0.3, 0.4) is 0 Å². The first kappa shape index (κ1) is 21.7. The van der Waals surface area contributed by atoms with E-state index in [1.807, 2.05) is 0 Å². The number of benzene rings is 2. The van der Waals surface area contributed by atoms with Gasteiger partial charge in [0.2, 0.25) is 0 Å². The molecule has 1 saturated heterocycles. The fourth-order valence-corrected chi connectivity index (χ4v) is 3.61. The van der Waals surface area contributed by atoms with Gasteiger partial charge in [-0.25, -0.2) is 0 Å². The molecule has 8 heteroatoms. The predicted molar refractivity (Wildman–Crippen MR) is 112 cm³/mol. The molecule has 0 spiro atoms. The summed E-state index contributed by atoms with van der Waals surface area (Å²) in [6.45, 7) is 1.42. The van der Waals surface area contributed by atoms with Gasteiger partial charge >= 0.3 is 0 Å². The minimum absolute atomic E-state index is 0.0913. The van der Waals surface area contributed by atoms with Crippen LogP contribution in [0.4, 0.5) is 0 Å². The minimum atomic E-state index is -0.948. The molecule has 0 aromatic heterocycles. The molecule has 1 aliphatic heterocycles. The quantitative estimate of drug-likeness (QED) is 0.414. The van der Waals surface area contributed by atoms with Gasteiger partial charge in [0.25, 0.3) is 11.7 Å². The van der Waals surface area contributed by atoms with E-state index in [9.17, 15) is 19.8 Å². The summed E-state index contributed by atoms with van der Waals surface area (Å²) in [6.07, 6.45) is -0.884. The topological polar surface area (TPSA) is 96.3 Å². The van der Waals surface area contributed by atoms with Gasteiger partial charge in [-0.2, -0.15) is 0 Å². The second kappa shape index (κ2) is 8.77. The summed E-state index contributed by atoms with van der Waals surface area (Å²) in [5.41, 5.74) is 0.729. The zero-order valence-corrected chi connectivity index (χ0v) is 17.5. The number of aliphatic hydroxyl groups excluding tert-OH is 2. The average Bonchev–Trinajstić information content (AvgIpc) is 2.97. The van der Waals surface area contributed by atoms with Crippen LogP contribution in [0.5, 0.6) is 11.5 Å². The Morgan fingerprint density at radius 3 is 2.37 bits per heavy atom. The predicted octanol–water partition coefficient (Wildman–Crippen LogP) is 3.16. The lowest BCUT2D eigenvalue weighted by molar-refractivity contribution is -0.140. The Morgan fingerprint density at radius 1 is 1.13 bits per heavy atom. The molecule has 0 bridgehead atoms. The van der Waals surface area contributed by atoms with Crippen LogP contribution in [0.15, 0.2) is 48.0 Å².